The first-order chi connectivity index (χ1) is 12.7. The molecule has 7 heteroatoms. The zero-order chi connectivity index (χ0) is 17.9. The van der Waals surface area contributed by atoms with E-state index in [0.29, 0.717) is 6.04 Å². The molecule has 7 nitrogen and oxygen atoms in total. The third-order valence-electron chi connectivity index (χ3n) is 6.03. The molecule has 2 saturated heterocycles. The summed E-state index contributed by atoms with van der Waals surface area (Å²) < 4.78 is 0. The Kier molecular flexibility index (Phi) is 5.17. The predicted molar refractivity (Wildman–Crippen MR) is 102 cm³/mol. The largest absolute Gasteiger partial charge is 0.324 e. The summed E-state index contributed by atoms with van der Waals surface area (Å²) in [6.45, 7) is 7.88. The van der Waals surface area contributed by atoms with Crippen LogP contribution in [0.25, 0.3) is 11.0 Å². The Bertz CT molecular complexity index is 743. The number of amides is 1. The molecule has 2 aliphatic rings. The average molecular weight is 356 g/mol. The lowest BCUT2D eigenvalue weighted by atomic mass is 9.92. The van der Waals surface area contributed by atoms with Gasteiger partial charge in [-0.15, -0.1) is 0 Å². The van der Waals surface area contributed by atoms with E-state index >= 15 is 0 Å². The van der Waals surface area contributed by atoms with Gasteiger partial charge < -0.3 is 15.1 Å². The molecule has 1 aromatic heterocycles. The highest BCUT2D eigenvalue weighted by Crippen LogP contribution is 2.26. The fraction of sp³-hybridized carbons (Fsp3) is 0.632. The number of benzene rings is 1. The molecule has 1 aromatic carbocycles. The van der Waals surface area contributed by atoms with E-state index in [1.54, 1.807) is 0 Å². The topological polar surface area (TPSA) is 77.1 Å². The molecule has 26 heavy (non-hydrogen) atoms. The molecule has 0 atom stereocenters. The maximum absolute atomic E-state index is 12.7. The molecule has 2 N–H and O–H groups in total. The summed E-state index contributed by atoms with van der Waals surface area (Å²) in [6, 6.07) is 6.37. The van der Waals surface area contributed by atoms with Crippen LogP contribution in [0.3, 0.4) is 0 Å². The first-order valence-corrected chi connectivity index (χ1v) is 9.81. The molecule has 3 heterocycles. The van der Waals surface area contributed by atoms with Gasteiger partial charge in [-0.1, -0.05) is 13.0 Å². The number of hydrogen-bond donors (Lipinski definition) is 2. The minimum atomic E-state index is 0.0872. The molecule has 2 aromatic rings. The molecule has 0 unspecified atom stereocenters. The lowest BCUT2D eigenvalue weighted by Crippen LogP contribution is -2.48. The molecule has 4 rings (SSSR count). The summed E-state index contributed by atoms with van der Waals surface area (Å²) in [4.78, 5) is 17.8. The van der Waals surface area contributed by atoms with Crippen LogP contribution in [0.4, 0.5) is 5.69 Å². The Morgan fingerprint density at radius 2 is 1.92 bits per heavy atom. The number of piperidine rings is 2. The second-order valence-corrected chi connectivity index (χ2v) is 7.46. The van der Waals surface area contributed by atoms with Crippen LogP contribution in [0.1, 0.15) is 32.6 Å². The lowest BCUT2D eigenvalue weighted by Gasteiger charge is -2.41. The predicted octanol–water partition coefficient (Wildman–Crippen LogP) is 2.09. The maximum atomic E-state index is 12.7. The van der Waals surface area contributed by atoms with Crippen molar-refractivity contribution in [2.75, 3.05) is 38.0 Å². The molecule has 2 aliphatic heterocycles. The van der Waals surface area contributed by atoms with Gasteiger partial charge in [-0.2, -0.15) is 15.4 Å². The Morgan fingerprint density at radius 3 is 2.65 bits per heavy atom. The number of carbonyl (C=O) groups excluding carboxylic acids is 1. The van der Waals surface area contributed by atoms with E-state index in [-0.39, 0.29) is 11.8 Å². The first kappa shape index (κ1) is 17.4. The fourth-order valence-electron chi connectivity index (χ4n) is 4.33. The van der Waals surface area contributed by atoms with Crippen LogP contribution in [0.5, 0.6) is 0 Å². The van der Waals surface area contributed by atoms with Crippen molar-refractivity contribution >= 4 is 22.6 Å². The Labute approximate surface area is 154 Å². The number of hydrogen-bond acceptors (Lipinski definition) is 5. The molecule has 2 fully saturated rings. The number of carbonyl (C=O) groups is 1. The van der Waals surface area contributed by atoms with E-state index in [9.17, 15) is 4.79 Å². The molecular formula is C19H28N6O. The Hall–Kier alpha value is -1.99. The van der Waals surface area contributed by atoms with Gasteiger partial charge in [0.05, 0.1) is 5.69 Å². The van der Waals surface area contributed by atoms with E-state index in [0.717, 1.165) is 49.2 Å². The van der Waals surface area contributed by atoms with Crippen molar-refractivity contribution in [2.45, 2.75) is 38.6 Å². The number of anilines is 1. The first-order valence-electron chi connectivity index (χ1n) is 9.81. The van der Waals surface area contributed by atoms with Gasteiger partial charge in [0.1, 0.15) is 11.0 Å². The number of aromatic amines is 1. The number of rotatable bonds is 4. The molecule has 0 radical (unpaired) electrons. The van der Waals surface area contributed by atoms with Crippen molar-refractivity contribution in [3.05, 3.63) is 18.2 Å². The van der Waals surface area contributed by atoms with E-state index < -0.39 is 0 Å². The number of aromatic nitrogens is 3. The van der Waals surface area contributed by atoms with Crippen molar-refractivity contribution in [2.24, 2.45) is 5.92 Å². The van der Waals surface area contributed by atoms with Crippen molar-refractivity contribution in [1.29, 1.82) is 0 Å². The van der Waals surface area contributed by atoms with Gasteiger partial charge in [0.15, 0.2) is 0 Å². The highest BCUT2D eigenvalue weighted by atomic mass is 16.1. The fourth-order valence-corrected chi connectivity index (χ4v) is 4.33. The molecule has 0 saturated carbocycles. The second kappa shape index (κ2) is 7.72. The quantitative estimate of drug-likeness (QED) is 0.877. The van der Waals surface area contributed by atoms with Gasteiger partial charge in [0.25, 0.3) is 0 Å². The number of nitrogens with zero attached hydrogens (tertiary/aromatic N) is 4. The van der Waals surface area contributed by atoms with Gasteiger partial charge in [-0.05, 0) is 70.5 Å². The number of fused-ring (bicyclic) bond motifs is 1. The molecule has 1 amide bonds. The van der Waals surface area contributed by atoms with E-state index in [2.05, 4.69) is 37.5 Å². The van der Waals surface area contributed by atoms with Crippen molar-refractivity contribution in [1.82, 2.24) is 25.2 Å². The van der Waals surface area contributed by atoms with Gasteiger partial charge in [-0.3, -0.25) is 4.79 Å². The van der Waals surface area contributed by atoms with Crippen LogP contribution in [0.15, 0.2) is 18.2 Å². The van der Waals surface area contributed by atoms with Crippen LogP contribution in [-0.4, -0.2) is 69.9 Å². The minimum absolute atomic E-state index is 0.0872. The normalized spacial score (nSPS) is 21.3. The van der Waals surface area contributed by atoms with E-state index in [1.165, 1.54) is 25.9 Å². The molecular weight excluding hydrogens is 328 g/mol. The third-order valence-corrected chi connectivity index (χ3v) is 6.03. The highest BCUT2D eigenvalue weighted by molar-refractivity contribution is 6.00. The van der Waals surface area contributed by atoms with Gasteiger partial charge >= 0.3 is 0 Å². The molecule has 0 spiro atoms. The summed E-state index contributed by atoms with van der Waals surface area (Å²) >= 11 is 0. The zero-order valence-corrected chi connectivity index (χ0v) is 15.4. The van der Waals surface area contributed by atoms with Crippen LogP contribution in [0, 0.1) is 5.92 Å². The number of likely N-dealkylation sites (tertiary alicyclic amines) is 2. The summed E-state index contributed by atoms with van der Waals surface area (Å²) in [5, 5.41) is 13.9. The molecule has 0 bridgehead atoms. The second-order valence-electron chi connectivity index (χ2n) is 7.46. The summed E-state index contributed by atoms with van der Waals surface area (Å²) in [7, 11) is 0. The van der Waals surface area contributed by atoms with Crippen LogP contribution in [-0.2, 0) is 4.79 Å². The third kappa shape index (κ3) is 3.59. The van der Waals surface area contributed by atoms with Crippen LogP contribution < -0.4 is 5.32 Å². The smallest absolute Gasteiger partial charge is 0.227 e. The zero-order valence-electron chi connectivity index (χ0n) is 15.4. The van der Waals surface area contributed by atoms with Gasteiger partial charge in [-0.25, -0.2) is 0 Å². The van der Waals surface area contributed by atoms with Crippen LogP contribution >= 0.6 is 0 Å². The maximum Gasteiger partial charge on any atom is 0.227 e. The monoisotopic (exact) mass is 356 g/mol. The molecule has 0 aliphatic carbocycles. The Morgan fingerprint density at radius 1 is 1.15 bits per heavy atom. The number of nitrogens with one attached hydrogen (secondary N) is 2. The summed E-state index contributed by atoms with van der Waals surface area (Å²) in [5.41, 5.74) is 2.24. The van der Waals surface area contributed by atoms with Crippen molar-refractivity contribution < 1.29 is 4.79 Å². The van der Waals surface area contributed by atoms with E-state index in [1.807, 2.05) is 18.2 Å². The van der Waals surface area contributed by atoms with Crippen LogP contribution in [0.2, 0.25) is 0 Å². The highest BCUT2D eigenvalue weighted by Gasteiger charge is 2.30. The molecule has 140 valence electrons. The number of H-pyrrole nitrogens is 1. The standard InChI is InChI=1S/C19H28N6O/c1-2-24-10-8-15(9-11-24)25-12-6-14(7-13-25)19(26)20-16-4-3-5-17-18(16)22-23-21-17/h3-5,14-15H,2,6-13H2,1H3,(H,20,26)(H,21,22,23). The average Bonchev–Trinajstić information content (AvgIpc) is 3.18. The summed E-state index contributed by atoms with van der Waals surface area (Å²) in [6.07, 6.45) is 4.40. The van der Waals surface area contributed by atoms with Crippen molar-refractivity contribution in [3.63, 3.8) is 0 Å². The van der Waals surface area contributed by atoms with E-state index in [4.69, 9.17) is 0 Å². The van der Waals surface area contributed by atoms with Crippen molar-refractivity contribution in [3.8, 4) is 0 Å². The Balaban J connectivity index is 1.30. The van der Waals surface area contributed by atoms with Gasteiger partial charge in [0.2, 0.25) is 5.91 Å². The minimum Gasteiger partial charge on any atom is -0.324 e. The summed E-state index contributed by atoms with van der Waals surface area (Å²) in [5.74, 6) is 0.199. The number of para-hydroxylation sites is 1. The lowest BCUT2D eigenvalue weighted by molar-refractivity contribution is -0.121. The van der Waals surface area contributed by atoms with Gasteiger partial charge in [0, 0.05) is 12.0 Å². The SMILES string of the molecule is CCN1CCC(N2CCC(C(=O)Nc3cccc4n[nH]nc34)CC2)CC1.